The van der Waals surface area contributed by atoms with Gasteiger partial charge in [0.1, 0.15) is 6.10 Å². The molecule has 0 bridgehead atoms. The third-order valence-corrected chi connectivity index (χ3v) is 1.20. The van der Waals surface area contributed by atoms with E-state index in [4.69, 9.17) is 11.5 Å². The minimum Gasteiger partial charge on any atom is -0.376 e. The molecule has 0 spiro atoms. The van der Waals surface area contributed by atoms with Crippen LogP contribution in [-0.4, -0.2) is 5.11 Å². The number of aliphatic hydroxyl groups excluding tert-OH is 1. The third kappa shape index (κ3) is 1.37. The molecule has 0 fully saturated rings. The van der Waals surface area contributed by atoms with E-state index in [-0.39, 0.29) is 0 Å². The van der Waals surface area contributed by atoms with Crippen LogP contribution in [0, 0.1) is 18.4 Å². The van der Waals surface area contributed by atoms with Crippen molar-refractivity contribution in [3.8, 4) is 12.3 Å². The molecular weight excluding hydrogens is 124 g/mol. The molecule has 1 nitrogen and oxygen atoms in total. The summed E-state index contributed by atoms with van der Waals surface area (Å²) in [5, 5.41) is 9.07. The van der Waals surface area contributed by atoms with Crippen LogP contribution in [0.2, 0.25) is 0 Å². The lowest BCUT2D eigenvalue weighted by molar-refractivity contribution is 0.238. The van der Waals surface area contributed by atoms with Gasteiger partial charge in [0.05, 0.1) is 0 Å². The molecule has 1 atom stereocenters. The van der Waals surface area contributed by atoms with Crippen molar-refractivity contribution >= 4 is 0 Å². The molecule has 0 aliphatic rings. The minimum absolute atomic E-state index is 0.713. The second-order valence-corrected chi connectivity index (χ2v) is 1.91. The fourth-order valence-corrected chi connectivity index (χ4v) is 0.674. The van der Waals surface area contributed by atoms with Gasteiger partial charge < -0.3 is 5.11 Å². The van der Waals surface area contributed by atoms with E-state index < -0.39 is 6.10 Å². The van der Waals surface area contributed by atoms with E-state index in [0.29, 0.717) is 5.56 Å². The number of rotatable bonds is 1. The first-order valence-electron chi connectivity index (χ1n) is 2.95. The Labute approximate surface area is 60.3 Å². The Morgan fingerprint density at radius 2 is 2.50 bits per heavy atom. The molecule has 1 radical (unpaired) electrons. The summed E-state index contributed by atoms with van der Waals surface area (Å²) >= 11 is 0. The lowest BCUT2D eigenvalue weighted by atomic mass is 10.1. The second kappa shape index (κ2) is 3.05. The third-order valence-electron chi connectivity index (χ3n) is 1.20. The average Bonchev–Trinajstić information content (AvgIpc) is 2.05. The van der Waals surface area contributed by atoms with E-state index in [1.165, 1.54) is 0 Å². The Morgan fingerprint density at radius 3 is 3.00 bits per heavy atom. The largest absolute Gasteiger partial charge is 0.376 e. The lowest BCUT2D eigenvalue weighted by Gasteiger charge is -2.00. The number of hydrogen-bond acceptors (Lipinski definition) is 1. The number of aliphatic hydroxyl groups is 1. The Kier molecular flexibility index (Phi) is 2.09. The summed E-state index contributed by atoms with van der Waals surface area (Å²) in [5.41, 5.74) is 0.713. The zero-order chi connectivity index (χ0) is 7.40. The molecule has 0 aliphatic heterocycles. The van der Waals surface area contributed by atoms with Gasteiger partial charge in [-0.15, -0.1) is 6.42 Å². The molecule has 1 N–H and O–H groups in total. The van der Waals surface area contributed by atoms with Gasteiger partial charge in [0.25, 0.3) is 0 Å². The van der Waals surface area contributed by atoms with E-state index in [2.05, 4.69) is 12.0 Å². The summed E-state index contributed by atoms with van der Waals surface area (Å²) < 4.78 is 0. The summed E-state index contributed by atoms with van der Waals surface area (Å²) in [7, 11) is 0. The maximum atomic E-state index is 9.07. The number of benzene rings is 1. The van der Waals surface area contributed by atoms with E-state index >= 15 is 0 Å². The van der Waals surface area contributed by atoms with Crippen molar-refractivity contribution < 1.29 is 5.11 Å². The standard InChI is InChI=1S/C9H7O/c1-2-9(10)8-6-4-3-5-7-8/h1,3-4,6-7,9-10H. The van der Waals surface area contributed by atoms with Gasteiger partial charge in [-0.2, -0.15) is 0 Å². The van der Waals surface area contributed by atoms with Crippen molar-refractivity contribution in [2.45, 2.75) is 6.10 Å². The van der Waals surface area contributed by atoms with Crippen LogP contribution in [0.25, 0.3) is 0 Å². The number of terminal acetylenes is 1. The van der Waals surface area contributed by atoms with Crippen LogP contribution in [0.3, 0.4) is 0 Å². The molecule has 1 aromatic rings. The number of hydrogen-bond donors (Lipinski definition) is 1. The van der Waals surface area contributed by atoms with Crippen molar-refractivity contribution in [1.82, 2.24) is 0 Å². The molecule has 0 saturated heterocycles. The molecule has 1 heteroatoms. The van der Waals surface area contributed by atoms with Crippen LogP contribution >= 0.6 is 0 Å². The maximum absolute atomic E-state index is 9.07. The van der Waals surface area contributed by atoms with E-state index in [1.54, 1.807) is 24.3 Å². The van der Waals surface area contributed by atoms with Crippen LogP contribution in [0.1, 0.15) is 11.7 Å². The maximum Gasteiger partial charge on any atom is 0.140 e. The topological polar surface area (TPSA) is 20.2 Å². The molecule has 0 heterocycles. The molecule has 10 heavy (non-hydrogen) atoms. The van der Waals surface area contributed by atoms with Crippen LogP contribution in [-0.2, 0) is 0 Å². The zero-order valence-electron chi connectivity index (χ0n) is 5.41. The summed E-state index contributed by atoms with van der Waals surface area (Å²) in [5.74, 6) is 2.22. The van der Waals surface area contributed by atoms with Crippen LogP contribution in [0.4, 0.5) is 0 Å². The van der Waals surface area contributed by atoms with Crippen molar-refractivity contribution in [2.75, 3.05) is 0 Å². The SMILES string of the molecule is C#CC(O)c1c[c]ccc1. The van der Waals surface area contributed by atoms with E-state index in [9.17, 15) is 0 Å². The predicted molar refractivity (Wildman–Crippen MR) is 39.1 cm³/mol. The smallest absolute Gasteiger partial charge is 0.140 e. The van der Waals surface area contributed by atoms with Crippen molar-refractivity contribution in [1.29, 1.82) is 0 Å². The highest BCUT2D eigenvalue weighted by Gasteiger charge is 1.99. The summed E-state index contributed by atoms with van der Waals surface area (Å²) in [6, 6.07) is 9.80. The average molecular weight is 131 g/mol. The van der Waals surface area contributed by atoms with Gasteiger partial charge in [0.15, 0.2) is 0 Å². The molecule has 49 valence electrons. The van der Waals surface area contributed by atoms with Crippen LogP contribution in [0.5, 0.6) is 0 Å². The predicted octanol–water partition coefficient (Wildman–Crippen LogP) is 1.15. The fraction of sp³-hybridized carbons (Fsp3) is 0.111. The molecule has 0 saturated carbocycles. The van der Waals surface area contributed by atoms with Gasteiger partial charge in [-0.1, -0.05) is 24.1 Å². The van der Waals surface area contributed by atoms with Gasteiger partial charge in [-0.05, 0) is 17.7 Å². The molecule has 1 rings (SSSR count). The highest BCUT2D eigenvalue weighted by Crippen LogP contribution is 2.08. The first-order chi connectivity index (χ1) is 4.84. The van der Waals surface area contributed by atoms with Crippen LogP contribution < -0.4 is 0 Å². The van der Waals surface area contributed by atoms with Crippen molar-refractivity contribution in [3.05, 3.63) is 35.9 Å². The zero-order valence-corrected chi connectivity index (χ0v) is 5.41. The molecule has 1 aromatic carbocycles. The Morgan fingerprint density at radius 1 is 1.70 bits per heavy atom. The van der Waals surface area contributed by atoms with Gasteiger partial charge in [0, 0.05) is 0 Å². The first-order valence-corrected chi connectivity index (χ1v) is 2.95. The van der Waals surface area contributed by atoms with Gasteiger partial charge in [-0.3, -0.25) is 0 Å². The molecular formula is C9H7O. The molecule has 0 amide bonds. The summed E-state index contributed by atoms with van der Waals surface area (Å²) in [6.07, 6.45) is 4.20. The van der Waals surface area contributed by atoms with Gasteiger partial charge >= 0.3 is 0 Å². The van der Waals surface area contributed by atoms with Crippen LogP contribution in [0.15, 0.2) is 24.3 Å². The molecule has 0 aliphatic carbocycles. The fourth-order valence-electron chi connectivity index (χ4n) is 0.674. The minimum atomic E-state index is -0.794. The Hall–Kier alpha value is -1.26. The Balaban J connectivity index is 2.88. The van der Waals surface area contributed by atoms with Gasteiger partial charge in [-0.25, -0.2) is 0 Å². The summed E-state index contributed by atoms with van der Waals surface area (Å²) in [4.78, 5) is 0. The molecule has 0 aromatic heterocycles. The van der Waals surface area contributed by atoms with Crippen molar-refractivity contribution in [2.24, 2.45) is 0 Å². The second-order valence-electron chi connectivity index (χ2n) is 1.91. The van der Waals surface area contributed by atoms with Gasteiger partial charge in [0.2, 0.25) is 0 Å². The van der Waals surface area contributed by atoms with E-state index in [0.717, 1.165) is 0 Å². The molecule has 1 unspecified atom stereocenters. The van der Waals surface area contributed by atoms with E-state index in [1.807, 2.05) is 0 Å². The lowest BCUT2D eigenvalue weighted by Crippen LogP contribution is -1.91. The van der Waals surface area contributed by atoms with Crippen molar-refractivity contribution in [3.63, 3.8) is 0 Å². The summed E-state index contributed by atoms with van der Waals surface area (Å²) in [6.45, 7) is 0. The first kappa shape index (κ1) is 6.85. The quantitative estimate of drug-likeness (QED) is 0.567. The highest BCUT2D eigenvalue weighted by molar-refractivity contribution is 5.22. The Bertz CT molecular complexity index is 233. The highest BCUT2D eigenvalue weighted by atomic mass is 16.3. The monoisotopic (exact) mass is 131 g/mol. The normalized spacial score (nSPS) is 12.0.